The predicted octanol–water partition coefficient (Wildman–Crippen LogP) is 2.16. The fourth-order valence-electron chi connectivity index (χ4n) is 2.80. The molecule has 0 aromatic heterocycles. The first-order valence-electron chi connectivity index (χ1n) is 7.73. The van der Waals surface area contributed by atoms with Crippen molar-refractivity contribution in [2.75, 3.05) is 6.61 Å². The number of nitrogens with zero attached hydrogens (tertiary/aromatic N) is 2. The largest absolute Gasteiger partial charge is 0.480 e. The molecule has 1 aliphatic heterocycles. The summed E-state index contributed by atoms with van der Waals surface area (Å²) >= 11 is 0. The molecule has 1 aromatic rings. The smallest absolute Gasteiger partial charge is 0.251 e. The summed E-state index contributed by atoms with van der Waals surface area (Å²) in [6.45, 7) is 7.84. The fourth-order valence-corrected chi connectivity index (χ4v) is 2.80. The van der Waals surface area contributed by atoms with Crippen molar-refractivity contribution in [1.82, 2.24) is 4.90 Å². The maximum absolute atomic E-state index is 12.7. The highest BCUT2D eigenvalue weighted by molar-refractivity contribution is 5.95. The number of benzene rings is 1. The van der Waals surface area contributed by atoms with Crippen LogP contribution in [-0.2, 0) is 9.53 Å². The Labute approximate surface area is 131 Å². The third-order valence-corrected chi connectivity index (χ3v) is 4.00. The zero-order valence-corrected chi connectivity index (χ0v) is 13.6. The molecule has 120 valence electrons. The molecule has 5 nitrogen and oxygen atoms in total. The van der Waals surface area contributed by atoms with Crippen LogP contribution in [-0.4, -0.2) is 46.6 Å². The maximum Gasteiger partial charge on any atom is 0.251 e. The van der Waals surface area contributed by atoms with E-state index in [-0.39, 0.29) is 18.0 Å². The van der Waals surface area contributed by atoms with Crippen LogP contribution in [0.5, 0.6) is 0 Å². The van der Waals surface area contributed by atoms with Crippen LogP contribution in [0.25, 0.3) is 0 Å². The van der Waals surface area contributed by atoms with Gasteiger partial charge in [-0.25, -0.2) is 4.99 Å². The van der Waals surface area contributed by atoms with E-state index in [2.05, 4.69) is 4.99 Å². The maximum atomic E-state index is 12.7. The lowest BCUT2D eigenvalue weighted by Gasteiger charge is -2.40. The van der Waals surface area contributed by atoms with Crippen LogP contribution in [0.1, 0.15) is 39.3 Å². The van der Waals surface area contributed by atoms with Crippen LogP contribution in [0.3, 0.4) is 0 Å². The third kappa shape index (κ3) is 3.14. The van der Waals surface area contributed by atoms with Crippen molar-refractivity contribution >= 4 is 11.8 Å². The third-order valence-electron chi connectivity index (χ3n) is 4.00. The van der Waals surface area contributed by atoms with Crippen molar-refractivity contribution in [2.24, 2.45) is 4.99 Å². The Kier molecular flexibility index (Phi) is 5.19. The van der Waals surface area contributed by atoms with Crippen molar-refractivity contribution in [3.63, 3.8) is 0 Å². The second kappa shape index (κ2) is 6.92. The monoisotopic (exact) mass is 304 g/mol. The van der Waals surface area contributed by atoms with E-state index in [0.717, 1.165) is 5.56 Å². The van der Waals surface area contributed by atoms with Gasteiger partial charge < -0.3 is 14.7 Å². The number of hydrogen-bond donors (Lipinski definition) is 1. The number of aliphatic hydroxyl groups is 1. The lowest BCUT2D eigenvalue weighted by Crippen LogP contribution is -2.55. The van der Waals surface area contributed by atoms with E-state index in [9.17, 15) is 9.90 Å². The summed E-state index contributed by atoms with van der Waals surface area (Å²) in [4.78, 5) is 18.8. The molecule has 0 unspecified atom stereocenters. The summed E-state index contributed by atoms with van der Waals surface area (Å²) in [6, 6.07) is 8.67. The van der Waals surface area contributed by atoms with Gasteiger partial charge in [0.25, 0.3) is 5.91 Å². The van der Waals surface area contributed by atoms with Crippen molar-refractivity contribution in [3.05, 3.63) is 35.9 Å². The summed E-state index contributed by atoms with van der Waals surface area (Å²) in [5.74, 6) is 0.345. The zero-order chi connectivity index (χ0) is 16.3. The number of aliphatic hydroxyl groups excluding tert-OH is 1. The minimum absolute atomic E-state index is 0.115. The number of rotatable bonds is 4. The van der Waals surface area contributed by atoms with Crippen molar-refractivity contribution < 1.29 is 14.6 Å². The van der Waals surface area contributed by atoms with Gasteiger partial charge in [0.2, 0.25) is 5.90 Å². The molecular formula is C17H24N2O3. The molecule has 1 heterocycles. The molecule has 4 atom stereocenters. The minimum Gasteiger partial charge on any atom is -0.480 e. The van der Waals surface area contributed by atoms with Gasteiger partial charge in [-0.2, -0.15) is 0 Å². The molecule has 1 aromatic carbocycles. The van der Waals surface area contributed by atoms with Crippen LogP contribution in [0.4, 0.5) is 0 Å². The van der Waals surface area contributed by atoms with Crippen LogP contribution in [0, 0.1) is 0 Å². The van der Waals surface area contributed by atoms with Gasteiger partial charge in [-0.15, -0.1) is 0 Å². The SMILES string of the molecule is CCOC1=N[C@H]([C@@H](C)O)C(=O)N([C@H](C)c2ccccc2)[C@@H]1C. The molecule has 1 amide bonds. The van der Waals surface area contributed by atoms with Gasteiger partial charge in [-0.1, -0.05) is 30.3 Å². The fraction of sp³-hybridized carbons (Fsp3) is 0.529. The first kappa shape index (κ1) is 16.5. The number of carbonyl (C=O) groups is 1. The zero-order valence-electron chi connectivity index (χ0n) is 13.6. The van der Waals surface area contributed by atoms with E-state index in [4.69, 9.17) is 4.74 Å². The molecule has 0 spiro atoms. The second-order valence-corrected chi connectivity index (χ2v) is 5.59. The average molecular weight is 304 g/mol. The molecule has 0 saturated heterocycles. The van der Waals surface area contributed by atoms with E-state index >= 15 is 0 Å². The number of ether oxygens (including phenoxy) is 1. The summed E-state index contributed by atoms with van der Waals surface area (Å²) in [7, 11) is 0. The Hall–Kier alpha value is -1.88. The number of carbonyl (C=O) groups excluding carboxylic acids is 1. The molecule has 5 heteroatoms. The topological polar surface area (TPSA) is 62.1 Å². The lowest BCUT2D eigenvalue weighted by atomic mass is 10.00. The summed E-state index contributed by atoms with van der Waals surface area (Å²) in [5.41, 5.74) is 1.05. The Morgan fingerprint density at radius 3 is 2.50 bits per heavy atom. The average Bonchev–Trinajstić information content (AvgIpc) is 2.50. The standard InChI is InChI=1S/C17H24N2O3/c1-5-22-16-12(3)19(17(21)15(18-16)13(4)20)11(2)14-9-7-6-8-10-14/h6-13,15,20H,5H2,1-4H3/t11-,12-,13-,15-/m1/s1. The molecule has 0 saturated carbocycles. The van der Waals surface area contributed by atoms with Gasteiger partial charge in [-0.3, -0.25) is 4.79 Å². The van der Waals surface area contributed by atoms with E-state index in [1.807, 2.05) is 51.1 Å². The van der Waals surface area contributed by atoms with Gasteiger partial charge in [-0.05, 0) is 33.3 Å². The van der Waals surface area contributed by atoms with E-state index < -0.39 is 12.1 Å². The first-order valence-corrected chi connectivity index (χ1v) is 7.73. The molecule has 0 fully saturated rings. The number of hydrogen-bond acceptors (Lipinski definition) is 4. The van der Waals surface area contributed by atoms with E-state index in [1.165, 1.54) is 0 Å². The molecule has 0 bridgehead atoms. The van der Waals surface area contributed by atoms with Gasteiger partial charge in [0, 0.05) is 0 Å². The van der Waals surface area contributed by atoms with Crippen LogP contribution in [0.15, 0.2) is 35.3 Å². The second-order valence-electron chi connectivity index (χ2n) is 5.59. The Bertz CT molecular complexity index is 542. The highest BCUT2D eigenvalue weighted by Gasteiger charge is 2.41. The molecule has 2 rings (SSSR count). The van der Waals surface area contributed by atoms with Crippen LogP contribution in [0.2, 0.25) is 0 Å². The predicted molar refractivity (Wildman–Crippen MR) is 85.7 cm³/mol. The number of amides is 1. The van der Waals surface area contributed by atoms with Crippen LogP contribution >= 0.6 is 0 Å². The number of aliphatic imine (C=N–C) groups is 1. The van der Waals surface area contributed by atoms with Gasteiger partial charge in [0.15, 0.2) is 6.04 Å². The van der Waals surface area contributed by atoms with E-state index in [1.54, 1.807) is 11.8 Å². The lowest BCUT2D eigenvalue weighted by molar-refractivity contribution is -0.139. The Morgan fingerprint density at radius 1 is 1.32 bits per heavy atom. The van der Waals surface area contributed by atoms with Gasteiger partial charge in [0.1, 0.15) is 6.04 Å². The highest BCUT2D eigenvalue weighted by atomic mass is 16.5. The molecule has 0 radical (unpaired) electrons. The first-order chi connectivity index (χ1) is 10.5. The summed E-state index contributed by atoms with van der Waals surface area (Å²) in [5, 5.41) is 9.88. The van der Waals surface area contributed by atoms with Gasteiger partial charge in [0.05, 0.1) is 18.8 Å². The van der Waals surface area contributed by atoms with E-state index in [0.29, 0.717) is 12.5 Å². The molecular weight excluding hydrogens is 280 g/mol. The minimum atomic E-state index is -0.846. The molecule has 0 aliphatic carbocycles. The molecule has 1 N–H and O–H groups in total. The summed E-state index contributed by atoms with van der Waals surface area (Å²) < 4.78 is 5.59. The summed E-state index contributed by atoms with van der Waals surface area (Å²) in [6.07, 6.45) is -0.846. The van der Waals surface area contributed by atoms with Gasteiger partial charge >= 0.3 is 0 Å². The van der Waals surface area contributed by atoms with Crippen molar-refractivity contribution in [2.45, 2.75) is 51.9 Å². The highest BCUT2D eigenvalue weighted by Crippen LogP contribution is 2.28. The Morgan fingerprint density at radius 2 is 1.95 bits per heavy atom. The quantitative estimate of drug-likeness (QED) is 0.927. The molecule has 1 aliphatic rings. The Balaban J connectivity index is 2.37. The van der Waals surface area contributed by atoms with Crippen molar-refractivity contribution in [1.29, 1.82) is 0 Å². The normalized spacial score (nSPS) is 24.7. The van der Waals surface area contributed by atoms with Crippen molar-refractivity contribution in [3.8, 4) is 0 Å². The van der Waals surface area contributed by atoms with Crippen LogP contribution < -0.4 is 0 Å². The molecule has 22 heavy (non-hydrogen) atoms.